The molecule has 0 saturated carbocycles. The van der Waals surface area contributed by atoms with E-state index in [-0.39, 0.29) is 11.8 Å². The first-order valence-corrected chi connectivity index (χ1v) is 2.95. The fourth-order valence-corrected chi connectivity index (χ4v) is 0.654. The van der Waals surface area contributed by atoms with Crippen molar-refractivity contribution >= 4 is 5.78 Å². The second kappa shape index (κ2) is 4.18. The van der Waals surface area contributed by atoms with E-state index < -0.39 is 0 Å². The van der Waals surface area contributed by atoms with E-state index in [2.05, 4.69) is 10.2 Å². The lowest BCUT2D eigenvalue weighted by atomic mass is 10.2. The van der Waals surface area contributed by atoms with E-state index in [1.165, 1.54) is 0 Å². The van der Waals surface area contributed by atoms with E-state index in [0.717, 1.165) is 0 Å². The molecule has 0 radical (unpaired) electrons. The summed E-state index contributed by atoms with van der Waals surface area (Å²) in [5, 5.41) is 7.33. The summed E-state index contributed by atoms with van der Waals surface area (Å²) in [6.45, 7) is 3.43. The van der Waals surface area contributed by atoms with Gasteiger partial charge < -0.3 is 0 Å². The van der Waals surface area contributed by atoms with Gasteiger partial charge in [0.15, 0.2) is 0 Å². The van der Waals surface area contributed by atoms with Crippen LogP contribution in [0.15, 0.2) is 10.2 Å². The van der Waals surface area contributed by atoms with Gasteiger partial charge in [-0.2, -0.15) is 10.2 Å². The average molecular weight is 128 g/mol. The first-order valence-electron chi connectivity index (χ1n) is 2.95. The summed E-state index contributed by atoms with van der Waals surface area (Å²) in [6, 6.07) is 0.0486. The molecule has 0 saturated heterocycles. The Labute approximate surface area is 55.2 Å². The number of hydrogen-bond donors (Lipinski definition) is 0. The van der Waals surface area contributed by atoms with Gasteiger partial charge in [0, 0.05) is 13.5 Å². The molecule has 0 spiro atoms. The Kier molecular flexibility index (Phi) is 3.84. The maximum atomic E-state index is 10.4. The van der Waals surface area contributed by atoms with Crippen LogP contribution in [0.1, 0.15) is 20.3 Å². The van der Waals surface area contributed by atoms with Gasteiger partial charge in [0.05, 0.1) is 6.04 Å². The van der Waals surface area contributed by atoms with Gasteiger partial charge in [-0.3, -0.25) is 4.79 Å². The average Bonchev–Trinajstić information content (AvgIpc) is 1.63. The highest BCUT2D eigenvalue weighted by atomic mass is 16.1. The molecule has 3 nitrogen and oxygen atoms in total. The fraction of sp³-hybridized carbons (Fsp3) is 0.833. The van der Waals surface area contributed by atoms with Crippen LogP contribution in [0.3, 0.4) is 0 Å². The molecule has 52 valence electrons. The quantitative estimate of drug-likeness (QED) is 0.530. The number of hydrogen-bond acceptors (Lipinski definition) is 3. The number of carbonyl (C=O) groups excluding carboxylic acids is 1. The second-order valence-corrected chi connectivity index (χ2v) is 2.07. The van der Waals surface area contributed by atoms with E-state index in [9.17, 15) is 4.79 Å². The molecule has 9 heavy (non-hydrogen) atoms. The van der Waals surface area contributed by atoms with Crippen LogP contribution in [0.4, 0.5) is 0 Å². The number of ketones is 1. The van der Waals surface area contributed by atoms with Gasteiger partial charge in [-0.05, 0) is 13.8 Å². The maximum absolute atomic E-state index is 10.4. The monoisotopic (exact) mass is 128 g/mol. The Balaban J connectivity index is 3.50. The maximum Gasteiger partial charge on any atom is 0.132 e. The molecular formula is C6H12N2O. The lowest BCUT2D eigenvalue weighted by molar-refractivity contribution is -0.117. The van der Waals surface area contributed by atoms with Crippen molar-refractivity contribution in [3.8, 4) is 0 Å². The third kappa shape index (κ3) is 5.14. The molecule has 0 aromatic carbocycles. The van der Waals surface area contributed by atoms with Crippen LogP contribution in [0.5, 0.6) is 0 Å². The number of carbonyl (C=O) groups is 1. The SMILES string of the molecule is CN=NC(C)CC(C)=O. The minimum Gasteiger partial charge on any atom is -0.300 e. The third-order valence-electron chi connectivity index (χ3n) is 0.895. The summed E-state index contributed by atoms with van der Waals surface area (Å²) in [5.74, 6) is 0.162. The fourth-order valence-electron chi connectivity index (χ4n) is 0.654. The molecule has 1 atom stereocenters. The topological polar surface area (TPSA) is 41.8 Å². The molecule has 0 bridgehead atoms. The lowest BCUT2D eigenvalue weighted by Crippen LogP contribution is -2.03. The summed E-state index contributed by atoms with van der Waals surface area (Å²) < 4.78 is 0. The van der Waals surface area contributed by atoms with E-state index in [4.69, 9.17) is 0 Å². The standard InChI is InChI=1S/C6H12N2O/c1-5(8-7-3)4-6(2)9/h5H,4H2,1-3H3. The zero-order valence-corrected chi connectivity index (χ0v) is 6.09. The summed E-state index contributed by atoms with van der Waals surface area (Å²) in [5.41, 5.74) is 0. The molecule has 0 aromatic heterocycles. The van der Waals surface area contributed by atoms with Crippen molar-refractivity contribution < 1.29 is 4.79 Å². The van der Waals surface area contributed by atoms with E-state index in [0.29, 0.717) is 6.42 Å². The number of Topliss-reactive ketones (excluding diaryl/α,β-unsaturated/α-hetero) is 1. The van der Waals surface area contributed by atoms with Crippen LogP contribution in [-0.2, 0) is 4.79 Å². The van der Waals surface area contributed by atoms with E-state index in [1.807, 2.05) is 6.92 Å². The van der Waals surface area contributed by atoms with Gasteiger partial charge in [-0.25, -0.2) is 0 Å². The smallest absolute Gasteiger partial charge is 0.132 e. The van der Waals surface area contributed by atoms with Crippen molar-refractivity contribution in [3.63, 3.8) is 0 Å². The number of rotatable bonds is 3. The highest BCUT2D eigenvalue weighted by molar-refractivity contribution is 5.76. The lowest BCUT2D eigenvalue weighted by Gasteiger charge is -1.97. The largest absolute Gasteiger partial charge is 0.300 e. The van der Waals surface area contributed by atoms with Crippen molar-refractivity contribution in [1.29, 1.82) is 0 Å². The van der Waals surface area contributed by atoms with Crippen molar-refractivity contribution in [2.45, 2.75) is 26.3 Å². The normalized spacial score (nSPS) is 14.1. The van der Waals surface area contributed by atoms with Crippen LogP contribution < -0.4 is 0 Å². The van der Waals surface area contributed by atoms with Gasteiger partial charge in [0.2, 0.25) is 0 Å². The van der Waals surface area contributed by atoms with E-state index >= 15 is 0 Å². The predicted octanol–water partition coefficient (Wildman–Crippen LogP) is 1.44. The Morgan fingerprint density at radius 2 is 2.22 bits per heavy atom. The van der Waals surface area contributed by atoms with Crippen LogP contribution in [-0.4, -0.2) is 18.9 Å². The van der Waals surface area contributed by atoms with Gasteiger partial charge in [-0.1, -0.05) is 0 Å². The Hall–Kier alpha value is -0.730. The summed E-state index contributed by atoms with van der Waals surface area (Å²) in [7, 11) is 1.61. The summed E-state index contributed by atoms with van der Waals surface area (Å²) in [4.78, 5) is 10.4. The second-order valence-electron chi connectivity index (χ2n) is 2.07. The highest BCUT2D eigenvalue weighted by Gasteiger charge is 2.00. The number of nitrogens with zero attached hydrogens (tertiary/aromatic N) is 2. The molecule has 0 rings (SSSR count). The molecule has 1 unspecified atom stereocenters. The first kappa shape index (κ1) is 8.27. The Bertz CT molecular complexity index is 120. The Morgan fingerprint density at radius 1 is 1.67 bits per heavy atom. The number of azo groups is 1. The zero-order chi connectivity index (χ0) is 7.28. The van der Waals surface area contributed by atoms with Crippen LogP contribution in [0.2, 0.25) is 0 Å². The molecule has 0 N–H and O–H groups in total. The van der Waals surface area contributed by atoms with Gasteiger partial charge >= 0.3 is 0 Å². The molecule has 0 aliphatic carbocycles. The van der Waals surface area contributed by atoms with Crippen molar-refractivity contribution in [2.24, 2.45) is 10.2 Å². The first-order chi connectivity index (χ1) is 4.16. The van der Waals surface area contributed by atoms with Gasteiger partial charge in [-0.15, -0.1) is 0 Å². The molecular weight excluding hydrogens is 116 g/mol. The predicted molar refractivity (Wildman–Crippen MR) is 35.5 cm³/mol. The van der Waals surface area contributed by atoms with Gasteiger partial charge in [0.25, 0.3) is 0 Å². The summed E-state index contributed by atoms with van der Waals surface area (Å²) >= 11 is 0. The van der Waals surface area contributed by atoms with Crippen molar-refractivity contribution in [1.82, 2.24) is 0 Å². The highest BCUT2D eigenvalue weighted by Crippen LogP contribution is 1.96. The summed E-state index contributed by atoms with van der Waals surface area (Å²) in [6.07, 6.45) is 0.497. The Morgan fingerprint density at radius 3 is 2.56 bits per heavy atom. The molecule has 0 aliphatic heterocycles. The molecule has 3 heteroatoms. The van der Waals surface area contributed by atoms with E-state index in [1.54, 1.807) is 14.0 Å². The van der Waals surface area contributed by atoms with Crippen LogP contribution >= 0.6 is 0 Å². The zero-order valence-electron chi connectivity index (χ0n) is 6.09. The minimum absolute atomic E-state index is 0.0486. The van der Waals surface area contributed by atoms with Crippen LogP contribution in [0, 0.1) is 0 Å². The van der Waals surface area contributed by atoms with Crippen molar-refractivity contribution in [2.75, 3.05) is 7.05 Å². The van der Waals surface area contributed by atoms with Crippen LogP contribution in [0.25, 0.3) is 0 Å². The van der Waals surface area contributed by atoms with Crippen molar-refractivity contribution in [3.05, 3.63) is 0 Å². The van der Waals surface area contributed by atoms with Gasteiger partial charge in [0.1, 0.15) is 5.78 Å². The molecule has 0 heterocycles. The third-order valence-corrected chi connectivity index (χ3v) is 0.895. The minimum atomic E-state index is 0.0486. The molecule has 0 fully saturated rings. The molecule has 0 aliphatic rings. The molecule has 0 aromatic rings. The molecule has 0 amide bonds.